The highest BCUT2D eigenvalue weighted by atomic mass is 16.5. The Labute approximate surface area is 172 Å². The van der Waals surface area contributed by atoms with Crippen LogP contribution in [0.15, 0.2) is 36.4 Å². The van der Waals surface area contributed by atoms with Crippen LogP contribution in [-0.4, -0.2) is 54.9 Å². The molecule has 29 heavy (non-hydrogen) atoms. The Balaban J connectivity index is 1.39. The molecule has 154 valence electrons. The van der Waals surface area contributed by atoms with Gasteiger partial charge in [0.15, 0.2) is 0 Å². The average molecular weight is 395 g/mol. The third-order valence-electron chi connectivity index (χ3n) is 6.52. The third kappa shape index (κ3) is 4.09. The molecule has 2 amide bonds. The summed E-state index contributed by atoms with van der Waals surface area (Å²) in [4.78, 5) is 29.6. The van der Waals surface area contributed by atoms with Gasteiger partial charge in [-0.15, -0.1) is 0 Å². The monoisotopic (exact) mass is 394 g/mol. The molecule has 0 radical (unpaired) electrons. The summed E-state index contributed by atoms with van der Waals surface area (Å²) >= 11 is 0. The van der Waals surface area contributed by atoms with E-state index in [2.05, 4.69) is 12.1 Å². The molecule has 0 aromatic heterocycles. The summed E-state index contributed by atoms with van der Waals surface area (Å²) in [5.74, 6) is 1.19. The number of carbonyl (C=O) groups is 2. The van der Waals surface area contributed by atoms with Crippen molar-refractivity contribution < 1.29 is 14.3 Å². The van der Waals surface area contributed by atoms with Gasteiger partial charge < -0.3 is 14.5 Å². The van der Waals surface area contributed by atoms with Crippen molar-refractivity contribution in [2.24, 2.45) is 5.92 Å². The van der Waals surface area contributed by atoms with E-state index in [-0.39, 0.29) is 17.7 Å². The van der Waals surface area contributed by atoms with Crippen LogP contribution < -0.4 is 4.74 Å². The molecule has 2 aliphatic rings. The fourth-order valence-electron chi connectivity index (χ4n) is 4.60. The Morgan fingerprint density at radius 3 is 2.28 bits per heavy atom. The minimum atomic E-state index is -0.188. The predicted octanol–water partition coefficient (Wildman–Crippen LogP) is 3.81. The molecule has 2 fully saturated rings. The number of methoxy groups -OCH3 is 1. The van der Waals surface area contributed by atoms with Crippen molar-refractivity contribution in [1.29, 1.82) is 0 Å². The summed E-state index contributed by atoms with van der Waals surface area (Å²) < 4.78 is 5.29. The molecule has 0 bridgehead atoms. The molecule has 0 spiro atoms. The first-order valence-corrected chi connectivity index (χ1v) is 10.7. The fourth-order valence-corrected chi connectivity index (χ4v) is 4.60. The van der Waals surface area contributed by atoms with E-state index in [1.165, 1.54) is 0 Å². The van der Waals surface area contributed by atoms with E-state index < -0.39 is 0 Å². The first-order chi connectivity index (χ1) is 14.1. The third-order valence-corrected chi connectivity index (χ3v) is 6.52. The number of likely N-dealkylation sites (tertiary alicyclic amines) is 2. The van der Waals surface area contributed by atoms with E-state index in [1.54, 1.807) is 7.11 Å². The van der Waals surface area contributed by atoms with Crippen LogP contribution in [0.2, 0.25) is 0 Å². The van der Waals surface area contributed by atoms with Crippen LogP contribution in [0.5, 0.6) is 5.75 Å². The number of hydrogen-bond acceptors (Lipinski definition) is 3. The molecular formula is C24H30N2O3. The van der Waals surface area contributed by atoms with Crippen molar-refractivity contribution >= 4 is 22.6 Å². The second kappa shape index (κ2) is 8.44. The standard InChI is InChI=1S/C24H30N2O3/c1-17(19-5-6-21-16-22(29-2)8-7-20(21)15-19)23(27)26-13-9-18(10-14-26)24(28)25-11-3-4-12-25/h5-8,15-18H,3-4,9-14H2,1-2H3/t17-/m0/s1. The SMILES string of the molecule is COc1ccc2cc([C@H](C)C(=O)N3CCC(C(=O)N4CCCC4)CC3)ccc2c1. The number of hydrogen-bond donors (Lipinski definition) is 0. The lowest BCUT2D eigenvalue weighted by molar-refractivity contribution is -0.140. The molecule has 4 rings (SSSR count). The summed E-state index contributed by atoms with van der Waals surface area (Å²) in [7, 11) is 1.66. The van der Waals surface area contributed by atoms with E-state index in [4.69, 9.17) is 4.74 Å². The van der Waals surface area contributed by atoms with Gasteiger partial charge in [0.25, 0.3) is 0 Å². The molecule has 2 aromatic rings. The number of piperidine rings is 1. The molecule has 1 atom stereocenters. The van der Waals surface area contributed by atoms with Crippen molar-refractivity contribution in [3.8, 4) is 5.75 Å². The van der Waals surface area contributed by atoms with Crippen LogP contribution in [0.25, 0.3) is 10.8 Å². The summed E-state index contributed by atoms with van der Waals surface area (Å²) in [5.41, 5.74) is 1.03. The van der Waals surface area contributed by atoms with Crippen LogP contribution >= 0.6 is 0 Å². The first-order valence-electron chi connectivity index (χ1n) is 10.7. The Kier molecular flexibility index (Phi) is 5.74. The lowest BCUT2D eigenvalue weighted by atomic mass is 9.92. The van der Waals surface area contributed by atoms with E-state index >= 15 is 0 Å². The van der Waals surface area contributed by atoms with Crippen molar-refractivity contribution in [3.05, 3.63) is 42.0 Å². The Hall–Kier alpha value is -2.56. The minimum Gasteiger partial charge on any atom is -0.497 e. The highest BCUT2D eigenvalue weighted by Gasteiger charge is 2.32. The van der Waals surface area contributed by atoms with Gasteiger partial charge in [0, 0.05) is 32.1 Å². The number of ether oxygens (including phenoxy) is 1. The van der Waals surface area contributed by atoms with Gasteiger partial charge in [0.2, 0.25) is 11.8 Å². The van der Waals surface area contributed by atoms with Crippen LogP contribution in [0, 0.1) is 5.92 Å². The zero-order chi connectivity index (χ0) is 20.4. The first kappa shape index (κ1) is 19.7. The summed E-state index contributed by atoms with van der Waals surface area (Å²) in [5, 5.41) is 2.21. The maximum absolute atomic E-state index is 13.1. The highest BCUT2D eigenvalue weighted by molar-refractivity contribution is 5.88. The topological polar surface area (TPSA) is 49.9 Å². The van der Waals surface area contributed by atoms with Gasteiger partial charge in [0.05, 0.1) is 13.0 Å². The van der Waals surface area contributed by atoms with Gasteiger partial charge in [-0.2, -0.15) is 0 Å². The van der Waals surface area contributed by atoms with Gasteiger partial charge in [-0.1, -0.05) is 24.3 Å². The van der Waals surface area contributed by atoms with Crippen molar-refractivity contribution in [2.45, 2.75) is 38.5 Å². The van der Waals surface area contributed by atoms with E-state index in [0.29, 0.717) is 19.0 Å². The molecule has 0 N–H and O–H groups in total. The van der Waals surface area contributed by atoms with Crippen molar-refractivity contribution in [2.75, 3.05) is 33.3 Å². The maximum Gasteiger partial charge on any atom is 0.229 e. The molecule has 2 aliphatic heterocycles. The minimum absolute atomic E-state index is 0.0862. The van der Waals surface area contributed by atoms with Crippen LogP contribution in [0.3, 0.4) is 0 Å². The van der Waals surface area contributed by atoms with Gasteiger partial charge in [-0.25, -0.2) is 0 Å². The van der Waals surface area contributed by atoms with Crippen molar-refractivity contribution in [3.63, 3.8) is 0 Å². The zero-order valence-corrected chi connectivity index (χ0v) is 17.4. The summed E-state index contributed by atoms with van der Waals surface area (Å²) in [6.07, 6.45) is 3.81. The van der Waals surface area contributed by atoms with Gasteiger partial charge in [-0.3, -0.25) is 9.59 Å². The molecule has 0 saturated carbocycles. The average Bonchev–Trinajstić information content (AvgIpc) is 3.32. The Morgan fingerprint density at radius 2 is 1.59 bits per heavy atom. The summed E-state index contributed by atoms with van der Waals surface area (Å²) in [6.45, 7) is 5.15. The normalized spacial score (nSPS) is 18.8. The highest BCUT2D eigenvalue weighted by Crippen LogP contribution is 2.28. The maximum atomic E-state index is 13.1. The molecule has 0 aliphatic carbocycles. The number of nitrogens with zero attached hydrogens (tertiary/aromatic N) is 2. The quantitative estimate of drug-likeness (QED) is 0.792. The molecule has 2 aromatic carbocycles. The Bertz CT molecular complexity index is 896. The molecular weight excluding hydrogens is 364 g/mol. The van der Waals surface area contributed by atoms with Gasteiger partial charge >= 0.3 is 0 Å². The lowest BCUT2D eigenvalue weighted by Crippen LogP contribution is -2.44. The Morgan fingerprint density at radius 1 is 0.931 bits per heavy atom. The summed E-state index contributed by atoms with van der Waals surface area (Å²) in [6, 6.07) is 12.2. The smallest absolute Gasteiger partial charge is 0.229 e. The van der Waals surface area contributed by atoms with E-state index in [9.17, 15) is 9.59 Å². The van der Waals surface area contributed by atoms with Crippen LogP contribution in [0.1, 0.15) is 44.1 Å². The molecule has 5 heteroatoms. The van der Waals surface area contributed by atoms with Gasteiger partial charge in [0.1, 0.15) is 5.75 Å². The second-order valence-electron chi connectivity index (χ2n) is 8.33. The molecule has 2 saturated heterocycles. The number of amides is 2. The number of fused-ring (bicyclic) bond motifs is 1. The van der Waals surface area contributed by atoms with E-state index in [1.807, 2.05) is 41.0 Å². The zero-order valence-electron chi connectivity index (χ0n) is 17.4. The number of rotatable bonds is 4. The second-order valence-corrected chi connectivity index (χ2v) is 8.33. The predicted molar refractivity (Wildman–Crippen MR) is 114 cm³/mol. The fraction of sp³-hybridized carbons (Fsp3) is 0.500. The van der Waals surface area contributed by atoms with Crippen LogP contribution in [0.4, 0.5) is 0 Å². The number of benzene rings is 2. The molecule has 5 nitrogen and oxygen atoms in total. The lowest BCUT2D eigenvalue weighted by Gasteiger charge is -2.34. The molecule has 2 heterocycles. The van der Waals surface area contributed by atoms with E-state index in [0.717, 1.165) is 60.9 Å². The van der Waals surface area contributed by atoms with Crippen molar-refractivity contribution in [1.82, 2.24) is 9.80 Å². The molecule has 0 unspecified atom stereocenters. The largest absolute Gasteiger partial charge is 0.497 e. The van der Waals surface area contributed by atoms with Gasteiger partial charge in [-0.05, 0) is 61.1 Å². The number of carbonyl (C=O) groups excluding carboxylic acids is 2. The van der Waals surface area contributed by atoms with Crippen LogP contribution in [-0.2, 0) is 9.59 Å².